The highest BCUT2D eigenvalue weighted by Crippen LogP contribution is 2.35. The van der Waals surface area contributed by atoms with Gasteiger partial charge in [0.25, 0.3) is 0 Å². The quantitative estimate of drug-likeness (QED) is 0.859. The molecule has 21 heavy (non-hydrogen) atoms. The molecule has 8 heteroatoms. The summed E-state index contributed by atoms with van der Waals surface area (Å²) in [6, 6.07) is 5.16. The van der Waals surface area contributed by atoms with Gasteiger partial charge in [0, 0.05) is 16.8 Å². The van der Waals surface area contributed by atoms with Gasteiger partial charge in [-0.05, 0) is 24.3 Å². The lowest BCUT2D eigenvalue weighted by atomic mass is 10.0. The zero-order valence-electron chi connectivity index (χ0n) is 10.1. The van der Waals surface area contributed by atoms with Gasteiger partial charge >= 0.3 is 12.1 Å². The van der Waals surface area contributed by atoms with Gasteiger partial charge in [0.1, 0.15) is 0 Å². The third-order valence-electron chi connectivity index (χ3n) is 2.64. The Morgan fingerprint density at radius 1 is 1.19 bits per heavy atom. The van der Waals surface area contributed by atoms with E-state index in [1.165, 1.54) is 18.2 Å². The number of aromatic nitrogens is 1. The molecule has 0 spiro atoms. The van der Waals surface area contributed by atoms with E-state index < -0.39 is 23.3 Å². The zero-order chi connectivity index (χ0) is 15.8. The zero-order valence-corrected chi connectivity index (χ0v) is 11.6. The minimum Gasteiger partial charge on any atom is -0.478 e. The third-order valence-corrected chi connectivity index (χ3v) is 3.21. The van der Waals surface area contributed by atoms with Crippen molar-refractivity contribution in [1.29, 1.82) is 0 Å². The number of carboxylic acids is 1. The maximum Gasteiger partial charge on any atom is 0.418 e. The van der Waals surface area contributed by atoms with Gasteiger partial charge in [0.05, 0.1) is 21.8 Å². The molecule has 1 heterocycles. The number of carbonyl (C=O) groups is 1. The Morgan fingerprint density at radius 3 is 2.43 bits per heavy atom. The second kappa shape index (κ2) is 5.54. The maximum absolute atomic E-state index is 12.7. The van der Waals surface area contributed by atoms with E-state index in [2.05, 4.69) is 4.98 Å². The summed E-state index contributed by atoms with van der Waals surface area (Å²) in [5.41, 5.74) is -1.98. The molecule has 0 atom stereocenters. The molecule has 0 saturated heterocycles. The van der Waals surface area contributed by atoms with E-state index in [0.29, 0.717) is 11.2 Å². The molecule has 0 aliphatic rings. The number of rotatable bonds is 2. The first-order chi connectivity index (χ1) is 9.70. The molecule has 3 nitrogen and oxygen atoms in total. The second-order valence-electron chi connectivity index (χ2n) is 4.04. The van der Waals surface area contributed by atoms with Crippen LogP contribution in [0.5, 0.6) is 0 Å². The Labute approximate surface area is 126 Å². The van der Waals surface area contributed by atoms with Crippen LogP contribution in [-0.2, 0) is 6.18 Å². The van der Waals surface area contributed by atoms with Crippen LogP contribution in [0.3, 0.4) is 0 Å². The van der Waals surface area contributed by atoms with Crippen LogP contribution in [0.15, 0.2) is 30.5 Å². The Kier molecular flexibility index (Phi) is 4.11. The van der Waals surface area contributed by atoms with Crippen LogP contribution in [0.4, 0.5) is 13.2 Å². The van der Waals surface area contributed by atoms with Crippen LogP contribution in [0.2, 0.25) is 10.0 Å². The van der Waals surface area contributed by atoms with E-state index in [1.807, 2.05) is 0 Å². The molecule has 1 N–H and O–H groups in total. The van der Waals surface area contributed by atoms with E-state index in [-0.39, 0.29) is 16.3 Å². The van der Waals surface area contributed by atoms with E-state index in [9.17, 15) is 18.0 Å². The van der Waals surface area contributed by atoms with Crippen molar-refractivity contribution >= 4 is 29.2 Å². The van der Waals surface area contributed by atoms with Gasteiger partial charge in [0.15, 0.2) is 0 Å². The molecule has 1 aromatic carbocycles. The Balaban J connectivity index is 2.65. The summed E-state index contributed by atoms with van der Waals surface area (Å²) < 4.78 is 38.2. The van der Waals surface area contributed by atoms with Crippen molar-refractivity contribution in [1.82, 2.24) is 4.98 Å². The summed E-state index contributed by atoms with van der Waals surface area (Å²) in [4.78, 5) is 14.7. The van der Waals surface area contributed by atoms with Crippen molar-refractivity contribution in [3.63, 3.8) is 0 Å². The van der Waals surface area contributed by atoms with Gasteiger partial charge in [-0.2, -0.15) is 13.2 Å². The van der Waals surface area contributed by atoms with Crippen LogP contribution in [-0.4, -0.2) is 16.1 Å². The largest absolute Gasteiger partial charge is 0.478 e. The van der Waals surface area contributed by atoms with E-state index in [1.54, 1.807) is 0 Å². The highest BCUT2D eigenvalue weighted by atomic mass is 35.5. The number of hydrogen-bond donors (Lipinski definition) is 1. The molecule has 0 aliphatic carbocycles. The lowest BCUT2D eigenvalue weighted by Gasteiger charge is -2.12. The van der Waals surface area contributed by atoms with Crippen molar-refractivity contribution in [2.24, 2.45) is 0 Å². The Hall–Kier alpha value is -1.79. The first-order valence-electron chi connectivity index (χ1n) is 5.46. The number of hydrogen-bond acceptors (Lipinski definition) is 2. The number of aromatic carboxylic acids is 1. The summed E-state index contributed by atoms with van der Waals surface area (Å²) in [6.45, 7) is 0. The van der Waals surface area contributed by atoms with Crippen LogP contribution < -0.4 is 0 Å². The monoisotopic (exact) mass is 335 g/mol. The highest BCUT2D eigenvalue weighted by Gasteiger charge is 2.36. The smallest absolute Gasteiger partial charge is 0.418 e. The fraction of sp³-hybridized carbons (Fsp3) is 0.0769. The second-order valence-corrected chi connectivity index (χ2v) is 4.89. The fourth-order valence-corrected chi connectivity index (χ4v) is 2.09. The normalized spacial score (nSPS) is 11.5. The SMILES string of the molecule is O=C(O)c1cc(-c2cc(Cl)ccc2Cl)ncc1C(F)(F)F. The predicted molar refractivity (Wildman–Crippen MR) is 71.7 cm³/mol. The van der Waals surface area contributed by atoms with Gasteiger partial charge in [-0.25, -0.2) is 4.79 Å². The molecule has 0 radical (unpaired) electrons. The van der Waals surface area contributed by atoms with Gasteiger partial charge in [0.2, 0.25) is 0 Å². The summed E-state index contributed by atoms with van der Waals surface area (Å²) >= 11 is 11.7. The lowest BCUT2D eigenvalue weighted by molar-refractivity contribution is -0.138. The molecule has 2 rings (SSSR count). The number of pyridine rings is 1. The molecule has 2 aromatic rings. The van der Waals surface area contributed by atoms with E-state index in [0.717, 1.165) is 6.07 Å². The standard InChI is InChI=1S/C13H6Cl2F3NO2/c14-6-1-2-10(15)8(3-6)11-4-7(12(20)21)9(5-19-11)13(16,17)18/h1-5H,(H,20,21). The number of alkyl halides is 3. The molecule has 0 fully saturated rings. The first-order valence-corrected chi connectivity index (χ1v) is 6.21. The van der Waals surface area contributed by atoms with Gasteiger partial charge in [-0.1, -0.05) is 23.2 Å². The molecule has 0 bridgehead atoms. The van der Waals surface area contributed by atoms with Gasteiger partial charge < -0.3 is 5.11 Å². The Bertz CT molecular complexity index is 717. The van der Waals surface area contributed by atoms with Gasteiger partial charge in [-0.3, -0.25) is 4.98 Å². The predicted octanol–water partition coefficient (Wildman–Crippen LogP) is 4.77. The van der Waals surface area contributed by atoms with Crippen LogP contribution in [0.25, 0.3) is 11.3 Å². The number of halogens is 5. The highest BCUT2D eigenvalue weighted by molar-refractivity contribution is 6.35. The molecule has 1 aromatic heterocycles. The van der Waals surface area contributed by atoms with Crippen molar-refractivity contribution < 1.29 is 23.1 Å². The maximum atomic E-state index is 12.7. The average Bonchev–Trinajstić information content (AvgIpc) is 2.39. The molecular formula is C13H6Cl2F3NO2. The minimum absolute atomic E-state index is 0.00657. The molecule has 0 unspecified atom stereocenters. The van der Waals surface area contributed by atoms with E-state index >= 15 is 0 Å². The fourth-order valence-electron chi connectivity index (χ4n) is 1.70. The number of carboxylic acid groups (broad SMARTS) is 1. The van der Waals surface area contributed by atoms with Gasteiger partial charge in [-0.15, -0.1) is 0 Å². The topological polar surface area (TPSA) is 50.2 Å². The number of benzene rings is 1. The minimum atomic E-state index is -4.81. The molecule has 110 valence electrons. The molecule has 0 saturated carbocycles. The summed E-state index contributed by atoms with van der Waals surface area (Å²) in [5, 5.41) is 9.43. The van der Waals surface area contributed by atoms with Crippen LogP contribution >= 0.6 is 23.2 Å². The summed E-state index contributed by atoms with van der Waals surface area (Å²) in [6.07, 6.45) is -4.34. The molecular weight excluding hydrogens is 330 g/mol. The van der Waals surface area contributed by atoms with Crippen molar-refractivity contribution in [2.45, 2.75) is 6.18 Å². The van der Waals surface area contributed by atoms with Crippen molar-refractivity contribution in [3.8, 4) is 11.3 Å². The summed E-state index contributed by atoms with van der Waals surface area (Å²) in [7, 11) is 0. The van der Waals surface area contributed by atoms with Crippen LogP contribution in [0, 0.1) is 0 Å². The number of nitrogens with zero attached hydrogens (tertiary/aromatic N) is 1. The average molecular weight is 336 g/mol. The first kappa shape index (κ1) is 15.6. The molecule has 0 amide bonds. The third kappa shape index (κ3) is 3.28. The van der Waals surface area contributed by atoms with E-state index in [4.69, 9.17) is 28.3 Å². The van der Waals surface area contributed by atoms with Crippen molar-refractivity contribution in [2.75, 3.05) is 0 Å². The summed E-state index contributed by atoms with van der Waals surface area (Å²) in [5.74, 6) is -1.70. The van der Waals surface area contributed by atoms with Crippen LogP contribution in [0.1, 0.15) is 15.9 Å². The van der Waals surface area contributed by atoms with Crippen molar-refractivity contribution in [3.05, 3.63) is 51.6 Å². The molecule has 0 aliphatic heterocycles. The Morgan fingerprint density at radius 2 is 1.86 bits per heavy atom. The lowest BCUT2D eigenvalue weighted by Crippen LogP contribution is -2.13.